The first-order valence-electron chi connectivity index (χ1n) is 7.45. The second-order valence-corrected chi connectivity index (χ2v) is 5.14. The highest BCUT2D eigenvalue weighted by molar-refractivity contribution is 5.93. The lowest BCUT2D eigenvalue weighted by Gasteiger charge is -2.12. The zero-order chi connectivity index (χ0) is 17.4. The van der Waals surface area contributed by atoms with E-state index in [1.165, 1.54) is 12.3 Å². The Balaban J connectivity index is 1.71. The smallest absolute Gasteiger partial charge is 0.260 e. The average Bonchev–Trinajstić information content (AvgIpc) is 2.60. The van der Waals surface area contributed by atoms with Crippen molar-refractivity contribution in [2.24, 2.45) is 0 Å². The van der Waals surface area contributed by atoms with Gasteiger partial charge in [0.2, 0.25) is 0 Å². The average molecular weight is 332 g/mol. The molecule has 1 aromatic heterocycles. The predicted octanol–water partition coefficient (Wildman–Crippen LogP) is 0.691. The molecule has 0 saturated heterocycles. The number of carbonyl (C=O) groups excluding carboxylic acids is 1. The Morgan fingerprint density at radius 3 is 2.71 bits per heavy atom. The largest absolute Gasteiger partial charge is 0.497 e. The molecule has 1 unspecified atom stereocenters. The van der Waals surface area contributed by atoms with Crippen LogP contribution in [0.3, 0.4) is 0 Å². The van der Waals surface area contributed by atoms with Crippen LogP contribution >= 0.6 is 0 Å². The molecule has 0 radical (unpaired) electrons. The van der Waals surface area contributed by atoms with Crippen molar-refractivity contribution >= 4 is 5.91 Å². The van der Waals surface area contributed by atoms with Gasteiger partial charge in [0.25, 0.3) is 11.5 Å². The standard InChI is InChI=1S/C17H20N2O5/c1-23-14-6-4-12(5-7-14)10-24-11-13(20)9-19-17(22)15-3-2-8-18-16(15)21/h2-8,13,20H,9-11H2,1H3,(H,18,21)(H,19,22). The molecule has 0 fully saturated rings. The molecule has 1 heterocycles. The van der Waals surface area contributed by atoms with Crippen LogP contribution in [0.5, 0.6) is 5.75 Å². The van der Waals surface area contributed by atoms with Gasteiger partial charge in [0.05, 0.1) is 26.4 Å². The third-order valence-electron chi connectivity index (χ3n) is 3.30. The van der Waals surface area contributed by atoms with Crippen LogP contribution in [-0.2, 0) is 11.3 Å². The second-order valence-electron chi connectivity index (χ2n) is 5.14. The van der Waals surface area contributed by atoms with Crippen LogP contribution in [0, 0.1) is 0 Å². The van der Waals surface area contributed by atoms with E-state index in [1.807, 2.05) is 24.3 Å². The summed E-state index contributed by atoms with van der Waals surface area (Å²) in [6.45, 7) is 0.403. The number of aromatic nitrogens is 1. The molecular weight excluding hydrogens is 312 g/mol. The molecule has 0 bridgehead atoms. The Hall–Kier alpha value is -2.64. The molecule has 128 valence electrons. The quantitative estimate of drug-likeness (QED) is 0.660. The van der Waals surface area contributed by atoms with Crippen LogP contribution in [0.2, 0.25) is 0 Å². The second kappa shape index (κ2) is 8.85. The van der Waals surface area contributed by atoms with Gasteiger partial charge in [0.15, 0.2) is 0 Å². The molecule has 7 heteroatoms. The van der Waals surface area contributed by atoms with Gasteiger partial charge in [0, 0.05) is 12.7 Å². The molecule has 3 N–H and O–H groups in total. The Morgan fingerprint density at radius 1 is 1.29 bits per heavy atom. The monoisotopic (exact) mass is 332 g/mol. The number of benzene rings is 1. The normalized spacial score (nSPS) is 11.8. The van der Waals surface area contributed by atoms with Crippen molar-refractivity contribution < 1.29 is 19.4 Å². The molecule has 2 rings (SSSR count). The van der Waals surface area contributed by atoms with Crippen LogP contribution in [0.15, 0.2) is 47.4 Å². The summed E-state index contributed by atoms with van der Waals surface area (Å²) in [6, 6.07) is 10.4. The van der Waals surface area contributed by atoms with E-state index in [4.69, 9.17) is 9.47 Å². The summed E-state index contributed by atoms with van der Waals surface area (Å²) in [5.41, 5.74) is 0.479. The maximum atomic E-state index is 11.8. The maximum Gasteiger partial charge on any atom is 0.260 e. The molecule has 1 atom stereocenters. The van der Waals surface area contributed by atoms with E-state index in [0.29, 0.717) is 6.61 Å². The molecule has 0 saturated carbocycles. The number of ether oxygens (including phenoxy) is 2. The van der Waals surface area contributed by atoms with E-state index in [0.717, 1.165) is 11.3 Å². The number of nitrogens with one attached hydrogen (secondary N) is 2. The van der Waals surface area contributed by atoms with Crippen LogP contribution in [0.4, 0.5) is 0 Å². The van der Waals surface area contributed by atoms with Gasteiger partial charge < -0.3 is 24.9 Å². The molecule has 2 aromatic rings. The Bertz CT molecular complexity index is 711. The molecule has 7 nitrogen and oxygen atoms in total. The lowest BCUT2D eigenvalue weighted by Crippen LogP contribution is -2.36. The lowest BCUT2D eigenvalue weighted by atomic mass is 10.2. The Labute approximate surface area is 139 Å². The van der Waals surface area contributed by atoms with Gasteiger partial charge in [-0.1, -0.05) is 12.1 Å². The van der Waals surface area contributed by atoms with Crippen molar-refractivity contribution in [2.45, 2.75) is 12.7 Å². The van der Waals surface area contributed by atoms with Crippen molar-refractivity contribution in [1.82, 2.24) is 10.3 Å². The van der Waals surface area contributed by atoms with Crippen LogP contribution in [0.25, 0.3) is 0 Å². The molecule has 1 aromatic carbocycles. The molecular formula is C17H20N2O5. The minimum atomic E-state index is -0.866. The van der Waals surface area contributed by atoms with E-state index in [1.54, 1.807) is 13.2 Å². The first kappa shape index (κ1) is 17.7. The fourth-order valence-electron chi connectivity index (χ4n) is 2.00. The number of amides is 1. The number of methoxy groups -OCH3 is 1. The van der Waals surface area contributed by atoms with Crippen molar-refractivity contribution in [3.05, 3.63) is 64.1 Å². The van der Waals surface area contributed by atoms with Gasteiger partial charge in [-0.3, -0.25) is 9.59 Å². The lowest BCUT2D eigenvalue weighted by molar-refractivity contribution is 0.0285. The van der Waals surface area contributed by atoms with Gasteiger partial charge in [0.1, 0.15) is 11.3 Å². The summed E-state index contributed by atoms with van der Waals surface area (Å²) in [4.78, 5) is 25.7. The molecule has 0 aliphatic rings. The molecule has 0 aliphatic heterocycles. The third kappa shape index (κ3) is 5.22. The fourth-order valence-corrected chi connectivity index (χ4v) is 2.00. The Kier molecular flexibility index (Phi) is 6.53. The third-order valence-corrected chi connectivity index (χ3v) is 3.30. The number of aliphatic hydroxyl groups excluding tert-OH is 1. The number of aromatic amines is 1. The first-order valence-corrected chi connectivity index (χ1v) is 7.45. The summed E-state index contributed by atoms with van der Waals surface area (Å²) in [6.07, 6.45) is 0.580. The number of rotatable bonds is 8. The van der Waals surface area contributed by atoms with E-state index in [2.05, 4.69) is 10.3 Å². The van der Waals surface area contributed by atoms with Crippen molar-refractivity contribution in [3.63, 3.8) is 0 Å². The Morgan fingerprint density at radius 2 is 2.04 bits per heavy atom. The number of hydrogen-bond acceptors (Lipinski definition) is 5. The SMILES string of the molecule is COc1ccc(COCC(O)CNC(=O)c2ccc[nH]c2=O)cc1. The number of hydrogen-bond donors (Lipinski definition) is 3. The maximum absolute atomic E-state index is 11.8. The highest BCUT2D eigenvalue weighted by atomic mass is 16.5. The van der Waals surface area contributed by atoms with Crippen molar-refractivity contribution in [2.75, 3.05) is 20.3 Å². The van der Waals surface area contributed by atoms with Crippen LogP contribution < -0.4 is 15.6 Å². The minimum absolute atomic E-state index is 0.00357. The first-order chi connectivity index (χ1) is 11.6. The van der Waals surface area contributed by atoms with Crippen molar-refractivity contribution in [1.29, 1.82) is 0 Å². The van der Waals surface area contributed by atoms with Gasteiger partial charge in [-0.05, 0) is 29.8 Å². The predicted molar refractivity (Wildman–Crippen MR) is 88.1 cm³/mol. The number of carbonyl (C=O) groups is 1. The number of aliphatic hydroxyl groups is 1. The van der Waals surface area contributed by atoms with Gasteiger partial charge in [-0.2, -0.15) is 0 Å². The van der Waals surface area contributed by atoms with E-state index < -0.39 is 17.6 Å². The van der Waals surface area contributed by atoms with Gasteiger partial charge >= 0.3 is 0 Å². The number of pyridine rings is 1. The van der Waals surface area contributed by atoms with Gasteiger partial charge in [-0.25, -0.2) is 0 Å². The van der Waals surface area contributed by atoms with E-state index >= 15 is 0 Å². The summed E-state index contributed by atoms with van der Waals surface area (Å²) < 4.78 is 10.5. The fraction of sp³-hybridized carbons (Fsp3) is 0.294. The highest BCUT2D eigenvalue weighted by Crippen LogP contribution is 2.11. The summed E-state index contributed by atoms with van der Waals surface area (Å²) in [5.74, 6) is 0.225. The number of H-pyrrole nitrogens is 1. The van der Waals surface area contributed by atoms with E-state index in [9.17, 15) is 14.7 Å². The molecule has 1 amide bonds. The van der Waals surface area contributed by atoms with Crippen LogP contribution in [-0.4, -0.2) is 42.4 Å². The molecule has 0 spiro atoms. The minimum Gasteiger partial charge on any atom is -0.497 e. The zero-order valence-corrected chi connectivity index (χ0v) is 13.3. The highest BCUT2D eigenvalue weighted by Gasteiger charge is 2.11. The van der Waals surface area contributed by atoms with Crippen molar-refractivity contribution in [3.8, 4) is 5.75 Å². The summed E-state index contributed by atoms with van der Waals surface area (Å²) >= 11 is 0. The zero-order valence-electron chi connectivity index (χ0n) is 13.3. The van der Waals surface area contributed by atoms with Crippen LogP contribution in [0.1, 0.15) is 15.9 Å². The summed E-state index contributed by atoms with van der Waals surface area (Å²) in [5, 5.41) is 12.3. The molecule has 0 aliphatic carbocycles. The van der Waals surface area contributed by atoms with E-state index in [-0.39, 0.29) is 18.7 Å². The summed E-state index contributed by atoms with van der Waals surface area (Å²) in [7, 11) is 1.60. The van der Waals surface area contributed by atoms with Gasteiger partial charge in [-0.15, -0.1) is 0 Å². The topological polar surface area (TPSA) is 101 Å². The molecule has 24 heavy (non-hydrogen) atoms.